The van der Waals surface area contributed by atoms with Gasteiger partial charge in [-0.3, -0.25) is 14.2 Å². The van der Waals surface area contributed by atoms with E-state index >= 15 is 0 Å². The molecular weight excluding hydrogens is 406 g/mol. The van der Waals surface area contributed by atoms with E-state index in [1.807, 2.05) is 39.0 Å². The fourth-order valence-corrected chi connectivity index (χ4v) is 4.82. The monoisotopic (exact) mass is 431 g/mol. The number of aromatic nitrogens is 2. The number of hydrogen-bond donors (Lipinski definition) is 1. The number of rotatable bonds is 7. The lowest BCUT2D eigenvalue weighted by atomic mass is 10.0. The zero-order chi connectivity index (χ0) is 21.3. The maximum atomic E-state index is 13.6. The summed E-state index contributed by atoms with van der Waals surface area (Å²) in [6, 6.07) is 5.86. The third-order valence-electron chi connectivity index (χ3n) is 5.00. The van der Waals surface area contributed by atoms with E-state index in [1.54, 1.807) is 15.9 Å². The van der Waals surface area contributed by atoms with Gasteiger partial charge in [0, 0.05) is 34.3 Å². The van der Waals surface area contributed by atoms with E-state index < -0.39 is 0 Å². The van der Waals surface area contributed by atoms with E-state index in [1.165, 1.54) is 0 Å². The fourth-order valence-electron chi connectivity index (χ4n) is 3.57. The SMILES string of the molecule is CCc1sc2nc(C(C)C)n(CCCC(N)=O)c(=O)c2c1-c1ccc(Cl)c(C)c1. The van der Waals surface area contributed by atoms with Gasteiger partial charge in [-0.05, 0) is 43.0 Å². The van der Waals surface area contributed by atoms with Crippen molar-refractivity contribution in [1.82, 2.24) is 9.55 Å². The van der Waals surface area contributed by atoms with Crippen molar-refractivity contribution in [1.29, 1.82) is 0 Å². The van der Waals surface area contributed by atoms with Gasteiger partial charge in [-0.1, -0.05) is 38.4 Å². The van der Waals surface area contributed by atoms with E-state index in [9.17, 15) is 9.59 Å². The van der Waals surface area contributed by atoms with Crippen molar-refractivity contribution in [3.05, 3.63) is 49.8 Å². The van der Waals surface area contributed by atoms with Crippen LogP contribution in [0.5, 0.6) is 0 Å². The summed E-state index contributed by atoms with van der Waals surface area (Å²) in [5.74, 6) is 0.475. The highest BCUT2D eigenvalue weighted by atomic mass is 35.5. The minimum absolute atomic E-state index is 0.0540. The third-order valence-corrected chi connectivity index (χ3v) is 6.66. The minimum atomic E-state index is -0.362. The number of nitrogens with two attached hydrogens (primary N) is 1. The molecule has 0 spiro atoms. The smallest absolute Gasteiger partial charge is 0.262 e. The summed E-state index contributed by atoms with van der Waals surface area (Å²) in [6.45, 7) is 8.52. The number of carbonyl (C=O) groups is 1. The van der Waals surface area contributed by atoms with Gasteiger partial charge in [-0.25, -0.2) is 4.98 Å². The molecule has 0 fully saturated rings. The van der Waals surface area contributed by atoms with Gasteiger partial charge in [0.15, 0.2) is 0 Å². The van der Waals surface area contributed by atoms with Crippen molar-refractivity contribution in [3.8, 4) is 11.1 Å². The summed E-state index contributed by atoms with van der Waals surface area (Å²) >= 11 is 7.80. The van der Waals surface area contributed by atoms with E-state index in [0.29, 0.717) is 23.4 Å². The first-order valence-electron chi connectivity index (χ1n) is 9.85. The van der Waals surface area contributed by atoms with E-state index in [-0.39, 0.29) is 23.8 Å². The molecular formula is C22H26ClN3O2S. The Kier molecular flexibility index (Phi) is 6.44. The lowest BCUT2D eigenvalue weighted by Crippen LogP contribution is -2.26. The fraction of sp³-hybridized carbons (Fsp3) is 0.409. The second kappa shape index (κ2) is 8.67. The summed E-state index contributed by atoms with van der Waals surface area (Å²) in [5.41, 5.74) is 8.13. The predicted octanol–water partition coefficient (Wildman–Crippen LogP) is 5.04. The predicted molar refractivity (Wildman–Crippen MR) is 121 cm³/mol. The molecule has 3 rings (SSSR count). The molecule has 1 aromatic carbocycles. The number of primary amides is 1. The second-order valence-electron chi connectivity index (χ2n) is 7.55. The Hall–Kier alpha value is -2.18. The van der Waals surface area contributed by atoms with Gasteiger partial charge in [0.1, 0.15) is 10.7 Å². The van der Waals surface area contributed by atoms with Crippen LogP contribution in [0.15, 0.2) is 23.0 Å². The van der Waals surface area contributed by atoms with Crippen LogP contribution in [0, 0.1) is 6.92 Å². The van der Waals surface area contributed by atoms with Crippen molar-refractivity contribution in [3.63, 3.8) is 0 Å². The quantitative estimate of drug-likeness (QED) is 0.569. The van der Waals surface area contributed by atoms with Crippen LogP contribution in [0.2, 0.25) is 5.02 Å². The Labute approximate surface area is 179 Å². The molecule has 5 nitrogen and oxygen atoms in total. The zero-order valence-corrected chi connectivity index (χ0v) is 18.8. The van der Waals surface area contributed by atoms with Crippen molar-refractivity contribution in [2.24, 2.45) is 5.73 Å². The number of hydrogen-bond acceptors (Lipinski definition) is 4. The Morgan fingerprint density at radius 2 is 2.07 bits per heavy atom. The van der Waals surface area contributed by atoms with Crippen LogP contribution in [-0.2, 0) is 17.8 Å². The molecule has 0 unspecified atom stereocenters. The molecule has 1 amide bonds. The van der Waals surface area contributed by atoms with Crippen LogP contribution >= 0.6 is 22.9 Å². The van der Waals surface area contributed by atoms with Gasteiger partial charge >= 0.3 is 0 Å². The molecule has 2 N–H and O–H groups in total. The van der Waals surface area contributed by atoms with Crippen molar-refractivity contribution in [2.75, 3.05) is 0 Å². The Balaban J connectivity index is 2.27. The topological polar surface area (TPSA) is 78.0 Å². The molecule has 0 aliphatic carbocycles. The molecule has 2 heterocycles. The first kappa shape index (κ1) is 21.5. The highest BCUT2D eigenvalue weighted by Crippen LogP contribution is 2.38. The molecule has 2 aromatic heterocycles. The standard InChI is InChI=1S/C22H26ClN3O2S/c1-5-16-18(14-8-9-15(23)13(4)11-14)19-21(29-16)25-20(12(2)3)26(22(19)28)10-6-7-17(24)27/h8-9,11-12H,5-7,10H2,1-4H3,(H2,24,27). The number of amides is 1. The normalized spacial score (nSPS) is 11.5. The molecule has 0 aliphatic rings. The van der Waals surface area contributed by atoms with Crippen LogP contribution in [0.25, 0.3) is 21.3 Å². The third kappa shape index (κ3) is 4.23. The number of aryl methyl sites for hydroxylation is 2. The molecule has 0 saturated carbocycles. The summed E-state index contributed by atoms with van der Waals surface area (Å²) in [4.78, 5) is 31.5. The first-order valence-corrected chi connectivity index (χ1v) is 11.0. The molecule has 0 radical (unpaired) electrons. The van der Waals surface area contributed by atoms with E-state index in [2.05, 4.69) is 6.92 Å². The summed E-state index contributed by atoms with van der Waals surface area (Å²) in [7, 11) is 0. The van der Waals surface area contributed by atoms with E-state index in [4.69, 9.17) is 22.3 Å². The summed E-state index contributed by atoms with van der Waals surface area (Å²) < 4.78 is 1.72. The number of carbonyl (C=O) groups excluding carboxylic acids is 1. The average molecular weight is 432 g/mol. The molecule has 0 atom stereocenters. The number of fused-ring (bicyclic) bond motifs is 1. The highest BCUT2D eigenvalue weighted by molar-refractivity contribution is 7.19. The van der Waals surface area contributed by atoms with Crippen molar-refractivity contribution >= 4 is 39.1 Å². The van der Waals surface area contributed by atoms with Gasteiger partial charge in [0.25, 0.3) is 5.56 Å². The summed E-state index contributed by atoms with van der Waals surface area (Å²) in [5, 5.41) is 1.35. The lowest BCUT2D eigenvalue weighted by molar-refractivity contribution is -0.118. The molecule has 29 heavy (non-hydrogen) atoms. The Morgan fingerprint density at radius 3 is 2.66 bits per heavy atom. The minimum Gasteiger partial charge on any atom is -0.370 e. The van der Waals surface area contributed by atoms with Crippen molar-refractivity contribution < 1.29 is 4.79 Å². The van der Waals surface area contributed by atoms with Gasteiger partial charge in [-0.2, -0.15) is 0 Å². The lowest BCUT2D eigenvalue weighted by Gasteiger charge is -2.15. The maximum Gasteiger partial charge on any atom is 0.262 e. The van der Waals surface area contributed by atoms with Gasteiger partial charge in [0.05, 0.1) is 5.39 Å². The van der Waals surface area contributed by atoms with Gasteiger partial charge < -0.3 is 5.73 Å². The van der Waals surface area contributed by atoms with E-state index in [0.717, 1.165) is 38.6 Å². The van der Waals surface area contributed by atoms with Crippen LogP contribution in [0.1, 0.15) is 55.8 Å². The maximum absolute atomic E-state index is 13.6. The highest BCUT2D eigenvalue weighted by Gasteiger charge is 2.22. The second-order valence-corrected chi connectivity index (χ2v) is 9.04. The number of benzene rings is 1. The van der Waals surface area contributed by atoms with Crippen LogP contribution < -0.4 is 11.3 Å². The first-order chi connectivity index (χ1) is 13.7. The largest absolute Gasteiger partial charge is 0.370 e. The van der Waals surface area contributed by atoms with Gasteiger partial charge in [0.2, 0.25) is 5.91 Å². The Bertz CT molecular complexity index is 1130. The Morgan fingerprint density at radius 1 is 1.34 bits per heavy atom. The zero-order valence-electron chi connectivity index (χ0n) is 17.2. The number of thiophene rings is 1. The molecule has 0 aliphatic heterocycles. The molecule has 154 valence electrons. The van der Waals surface area contributed by atoms with Crippen LogP contribution in [0.3, 0.4) is 0 Å². The van der Waals surface area contributed by atoms with Crippen molar-refractivity contribution in [2.45, 2.75) is 59.4 Å². The number of nitrogens with zero attached hydrogens (tertiary/aromatic N) is 2. The molecule has 3 aromatic rings. The average Bonchev–Trinajstić information content (AvgIpc) is 3.04. The number of halogens is 1. The van der Waals surface area contributed by atoms with Gasteiger partial charge in [-0.15, -0.1) is 11.3 Å². The molecule has 0 bridgehead atoms. The molecule has 7 heteroatoms. The summed E-state index contributed by atoms with van der Waals surface area (Å²) in [6.07, 6.45) is 1.58. The van der Waals surface area contributed by atoms with Crippen LogP contribution in [0.4, 0.5) is 0 Å². The molecule has 0 saturated heterocycles. The van der Waals surface area contributed by atoms with Crippen LogP contribution in [-0.4, -0.2) is 15.5 Å².